The van der Waals surface area contributed by atoms with Gasteiger partial charge in [-0.2, -0.15) is 0 Å². The molecule has 1 rings (SSSR count). The SMILES string of the molecule is CCCCN1CC[C@@H](C(=O)O)C1=O. The normalized spacial score (nSPS) is 22.4. The summed E-state index contributed by atoms with van der Waals surface area (Å²) in [4.78, 5) is 23.6. The molecule has 1 amide bonds. The number of carboxylic acid groups (broad SMARTS) is 1. The number of carboxylic acids is 1. The first kappa shape index (κ1) is 10.0. The fraction of sp³-hybridized carbons (Fsp3) is 0.778. The van der Waals surface area contributed by atoms with E-state index in [0.29, 0.717) is 19.5 Å². The quantitative estimate of drug-likeness (QED) is 0.656. The molecule has 0 aromatic heterocycles. The summed E-state index contributed by atoms with van der Waals surface area (Å²) in [5.41, 5.74) is 0. The topological polar surface area (TPSA) is 57.6 Å². The van der Waals surface area contributed by atoms with E-state index in [0.717, 1.165) is 12.8 Å². The van der Waals surface area contributed by atoms with Gasteiger partial charge in [0.1, 0.15) is 5.92 Å². The zero-order chi connectivity index (χ0) is 9.84. The highest BCUT2D eigenvalue weighted by molar-refractivity contribution is 5.98. The van der Waals surface area contributed by atoms with E-state index in [4.69, 9.17) is 5.11 Å². The maximum atomic E-state index is 11.4. The second kappa shape index (κ2) is 4.25. The molecular weight excluding hydrogens is 170 g/mol. The van der Waals surface area contributed by atoms with Crippen LogP contribution >= 0.6 is 0 Å². The fourth-order valence-corrected chi connectivity index (χ4v) is 1.54. The molecule has 0 unspecified atom stereocenters. The Labute approximate surface area is 77.5 Å². The molecule has 13 heavy (non-hydrogen) atoms. The number of amides is 1. The van der Waals surface area contributed by atoms with Gasteiger partial charge in [-0.25, -0.2) is 0 Å². The van der Waals surface area contributed by atoms with Crippen LogP contribution in [0.15, 0.2) is 0 Å². The van der Waals surface area contributed by atoms with Gasteiger partial charge in [-0.1, -0.05) is 13.3 Å². The van der Waals surface area contributed by atoms with E-state index in [1.807, 2.05) is 0 Å². The van der Waals surface area contributed by atoms with E-state index in [1.165, 1.54) is 0 Å². The van der Waals surface area contributed by atoms with Crippen LogP contribution in [0, 0.1) is 5.92 Å². The zero-order valence-corrected chi connectivity index (χ0v) is 7.82. The third-order valence-corrected chi connectivity index (χ3v) is 2.38. The molecule has 4 nitrogen and oxygen atoms in total. The van der Waals surface area contributed by atoms with Crippen LogP contribution in [-0.4, -0.2) is 35.0 Å². The third-order valence-electron chi connectivity index (χ3n) is 2.38. The summed E-state index contributed by atoms with van der Waals surface area (Å²) in [7, 11) is 0. The molecule has 1 fully saturated rings. The van der Waals surface area contributed by atoms with E-state index < -0.39 is 11.9 Å². The minimum absolute atomic E-state index is 0.207. The Morgan fingerprint density at radius 1 is 1.69 bits per heavy atom. The number of likely N-dealkylation sites (tertiary alicyclic amines) is 1. The highest BCUT2D eigenvalue weighted by Crippen LogP contribution is 2.18. The molecule has 0 aliphatic carbocycles. The van der Waals surface area contributed by atoms with Gasteiger partial charge in [0, 0.05) is 13.1 Å². The summed E-state index contributed by atoms with van der Waals surface area (Å²) < 4.78 is 0. The number of nitrogens with zero attached hydrogens (tertiary/aromatic N) is 1. The van der Waals surface area contributed by atoms with Crippen molar-refractivity contribution in [2.75, 3.05) is 13.1 Å². The van der Waals surface area contributed by atoms with Crippen molar-refractivity contribution in [3.63, 3.8) is 0 Å². The maximum Gasteiger partial charge on any atom is 0.316 e. The van der Waals surface area contributed by atoms with Crippen molar-refractivity contribution >= 4 is 11.9 Å². The van der Waals surface area contributed by atoms with Gasteiger partial charge in [-0.15, -0.1) is 0 Å². The highest BCUT2D eigenvalue weighted by atomic mass is 16.4. The predicted octanol–water partition coefficient (Wildman–Crippen LogP) is 0.720. The molecule has 0 radical (unpaired) electrons. The van der Waals surface area contributed by atoms with Crippen LogP contribution in [0.25, 0.3) is 0 Å². The molecule has 1 N–H and O–H groups in total. The summed E-state index contributed by atoms with van der Waals surface area (Å²) >= 11 is 0. The van der Waals surface area contributed by atoms with E-state index >= 15 is 0 Å². The van der Waals surface area contributed by atoms with E-state index in [-0.39, 0.29) is 5.91 Å². The fourth-order valence-electron chi connectivity index (χ4n) is 1.54. The zero-order valence-electron chi connectivity index (χ0n) is 7.82. The first-order valence-corrected chi connectivity index (χ1v) is 4.68. The van der Waals surface area contributed by atoms with Crippen LogP contribution in [0.1, 0.15) is 26.2 Å². The van der Waals surface area contributed by atoms with Crippen molar-refractivity contribution in [3.05, 3.63) is 0 Å². The minimum atomic E-state index is -0.982. The monoisotopic (exact) mass is 185 g/mol. The van der Waals surface area contributed by atoms with Crippen molar-refractivity contribution in [2.24, 2.45) is 5.92 Å². The van der Waals surface area contributed by atoms with Crippen LogP contribution in [0.4, 0.5) is 0 Å². The summed E-state index contributed by atoms with van der Waals surface area (Å²) in [5.74, 6) is -1.97. The number of unbranched alkanes of at least 4 members (excludes halogenated alkanes) is 1. The third kappa shape index (κ3) is 2.20. The van der Waals surface area contributed by atoms with Gasteiger partial charge in [0.05, 0.1) is 0 Å². The van der Waals surface area contributed by atoms with Crippen molar-refractivity contribution in [1.29, 1.82) is 0 Å². The minimum Gasteiger partial charge on any atom is -0.481 e. The van der Waals surface area contributed by atoms with Gasteiger partial charge in [-0.05, 0) is 12.8 Å². The standard InChI is InChI=1S/C9H15NO3/c1-2-3-5-10-6-4-7(8(10)11)9(12)13/h7H,2-6H2,1H3,(H,12,13)/t7-/m1/s1. The second-order valence-corrected chi connectivity index (χ2v) is 3.36. The van der Waals surface area contributed by atoms with Gasteiger partial charge in [-0.3, -0.25) is 9.59 Å². The molecule has 0 aromatic carbocycles. The second-order valence-electron chi connectivity index (χ2n) is 3.36. The number of carbonyl (C=O) groups excluding carboxylic acids is 1. The average Bonchev–Trinajstić information content (AvgIpc) is 2.43. The molecule has 0 spiro atoms. The number of hydrogen-bond acceptors (Lipinski definition) is 2. The molecule has 1 aliphatic rings. The van der Waals surface area contributed by atoms with E-state index in [9.17, 15) is 9.59 Å². The molecule has 0 aromatic rings. The van der Waals surface area contributed by atoms with Crippen molar-refractivity contribution in [3.8, 4) is 0 Å². The lowest BCUT2D eigenvalue weighted by Gasteiger charge is -2.14. The molecule has 1 atom stereocenters. The lowest BCUT2D eigenvalue weighted by molar-refractivity contribution is -0.147. The largest absolute Gasteiger partial charge is 0.481 e. The smallest absolute Gasteiger partial charge is 0.316 e. The number of carbonyl (C=O) groups is 2. The van der Waals surface area contributed by atoms with Gasteiger partial charge in [0.25, 0.3) is 0 Å². The molecule has 74 valence electrons. The summed E-state index contributed by atoms with van der Waals surface area (Å²) in [5, 5.41) is 8.68. The predicted molar refractivity (Wildman–Crippen MR) is 47.2 cm³/mol. The van der Waals surface area contributed by atoms with Crippen molar-refractivity contribution < 1.29 is 14.7 Å². The van der Waals surface area contributed by atoms with E-state index in [1.54, 1.807) is 4.90 Å². The highest BCUT2D eigenvalue weighted by Gasteiger charge is 2.36. The van der Waals surface area contributed by atoms with Crippen LogP contribution in [0.2, 0.25) is 0 Å². The number of aliphatic carboxylic acids is 1. The first-order valence-electron chi connectivity index (χ1n) is 4.68. The summed E-state index contributed by atoms with van der Waals surface area (Å²) in [6.45, 7) is 3.37. The van der Waals surface area contributed by atoms with Crippen LogP contribution in [-0.2, 0) is 9.59 Å². The molecule has 4 heteroatoms. The van der Waals surface area contributed by atoms with Crippen molar-refractivity contribution in [2.45, 2.75) is 26.2 Å². The molecule has 0 saturated carbocycles. The van der Waals surface area contributed by atoms with Crippen LogP contribution in [0.5, 0.6) is 0 Å². The lowest BCUT2D eigenvalue weighted by atomic mass is 10.1. The van der Waals surface area contributed by atoms with Gasteiger partial charge < -0.3 is 10.0 Å². The first-order chi connectivity index (χ1) is 6.16. The Morgan fingerprint density at radius 3 is 2.85 bits per heavy atom. The van der Waals surface area contributed by atoms with Gasteiger partial charge in [0.2, 0.25) is 5.91 Å². The molecule has 1 heterocycles. The average molecular weight is 185 g/mol. The Hall–Kier alpha value is -1.06. The van der Waals surface area contributed by atoms with Crippen molar-refractivity contribution in [1.82, 2.24) is 4.90 Å². The number of hydrogen-bond donors (Lipinski definition) is 1. The molecule has 1 aliphatic heterocycles. The van der Waals surface area contributed by atoms with Crippen LogP contribution in [0.3, 0.4) is 0 Å². The molecule has 0 bridgehead atoms. The Bertz CT molecular complexity index is 215. The van der Waals surface area contributed by atoms with E-state index in [2.05, 4.69) is 6.92 Å². The Balaban J connectivity index is 2.45. The summed E-state index contributed by atoms with van der Waals surface area (Å²) in [6.07, 6.45) is 2.46. The number of rotatable bonds is 4. The van der Waals surface area contributed by atoms with Crippen LogP contribution < -0.4 is 0 Å². The Morgan fingerprint density at radius 2 is 2.38 bits per heavy atom. The molecular formula is C9H15NO3. The maximum absolute atomic E-state index is 11.4. The molecule has 1 saturated heterocycles. The lowest BCUT2D eigenvalue weighted by Crippen LogP contribution is -2.30. The van der Waals surface area contributed by atoms with Gasteiger partial charge in [0.15, 0.2) is 0 Å². The Kier molecular flexibility index (Phi) is 3.28. The van der Waals surface area contributed by atoms with Gasteiger partial charge >= 0.3 is 5.97 Å². The summed E-state index contributed by atoms with van der Waals surface area (Å²) in [6, 6.07) is 0.